The molecular weight excluding hydrogens is 345 g/mol. The number of piperazine rings is 1. The average Bonchev–Trinajstić information content (AvgIpc) is 3.05. The molecule has 0 aromatic carbocycles. The van der Waals surface area contributed by atoms with Crippen molar-refractivity contribution in [2.45, 2.75) is 13.1 Å². The highest BCUT2D eigenvalue weighted by molar-refractivity contribution is 5.41. The molecule has 0 bridgehead atoms. The quantitative estimate of drug-likeness (QED) is 0.854. The summed E-state index contributed by atoms with van der Waals surface area (Å²) in [5.74, 6) is 0.650. The lowest BCUT2D eigenvalue weighted by atomic mass is 9.96. The summed E-state index contributed by atoms with van der Waals surface area (Å²) in [5, 5.41) is 9.74. The summed E-state index contributed by atoms with van der Waals surface area (Å²) in [6, 6.07) is 4.01. The molecule has 2 atom stereocenters. The lowest BCUT2D eigenvalue weighted by molar-refractivity contribution is -0.141. The lowest BCUT2D eigenvalue weighted by Gasteiger charge is -2.36. The van der Waals surface area contributed by atoms with Gasteiger partial charge in [0.2, 0.25) is 0 Å². The first-order valence-electron chi connectivity index (χ1n) is 9.25. The van der Waals surface area contributed by atoms with E-state index >= 15 is 0 Å². The zero-order chi connectivity index (χ0) is 18.7. The molecule has 0 unspecified atom stereocenters. The van der Waals surface area contributed by atoms with Crippen LogP contribution in [0, 0.1) is 11.8 Å². The minimum atomic E-state index is -4.44. The number of alkyl halides is 3. The van der Waals surface area contributed by atoms with Crippen molar-refractivity contribution in [3.05, 3.63) is 23.9 Å². The van der Waals surface area contributed by atoms with Gasteiger partial charge in [0.15, 0.2) is 0 Å². The molecule has 26 heavy (non-hydrogen) atoms. The number of nitrogens with zero attached hydrogens (tertiary/aromatic N) is 4. The Bertz CT molecular complexity index is 590. The Labute approximate surface area is 152 Å². The first-order chi connectivity index (χ1) is 12.4. The topological polar surface area (TPSA) is 42.8 Å². The van der Waals surface area contributed by atoms with E-state index in [0.717, 1.165) is 45.3 Å². The molecule has 2 saturated heterocycles. The Hall–Kier alpha value is -1.38. The maximum Gasteiger partial charge on any atom is 0.433 e. The fourth-order valence-electron chi connectivity index (χ4n) is 3.92. The molecule has 2 aliphatic heterocycles. The summed E-state index contributed by atoms with van der Waals surface area (Å²) in [5.41, 5.74) is -0.866. The molecule has 0 amide bonds. The fraction of sp³-hybridized carbons (Fsp3) is 0.722. The molecule has 8 heteroatoms. The van der Waals surface area contributed by atoms with Crippen LogP contribution in [0.25, 0.3) is 0 Å². The Kier molecular flexibility index (Phi) is 6.04. The molecule has 0 aliphatic carbocycles. The summed E-state index contributed by atoms with van der Waals surface area (Å²) in [7, 11) is 0. The van der Waals surface area contributed by atoms with E-state index in [4.69, 9.17) is 0 Å². The maximum absolute atomic E-state index is 12.9. The first-order valence-corrected chi connectivity index (χ1v) is 9.25. The Balaban J connectivity index is 1.64. The van der Waals surface area contributed by atoms with Crippen LogP contribution in [0.5, 0.6) is 0 Å². The number of rotatable bonds is 5. The van der Waals surface area contributed by atoms with Crippen LogP contribution in [0.3, 0.4) is 0 Å². The van der Waals surface area contributed by atoms with Crippen LogP contribution in [0.1, 0.15) is 12.6 Å². The second-order valence-electron chi connectivity index (χ2n) is 7.22. The second-order valence-corrected chi connectivity index (χ2v) is 7.22. The number of likely N-dealkylation sites (N-methyl/N-ethyl adjacent to an activating group) is 1. The van der Waals surface area contributed by atoms with Gasteiger partial charge in [-0.05, 0) is 24.6 Å². The van der Waals surface area contributed by atoms with Gasteiger partial charge in [-0.25, -0.2) is 4.98 Å². The van der Waals surface area contributed by atoms with Gasteiger partial charge in [0.1, 0.15) is 11.5 Å². The Morgan fingerprint density at radius 3 is 2.35 bits per heavy atom. The molecular formula is C18H27F3N4O. The van der Waals surface area contributed by atoms with E-state index in [2.05, 4.69) is 21.7 Å². The van der Waals surface area contributed by atoms with Gasteiger partial charge in [-0.15, -0.1) is 0 Å². The van der Waals surface area contributed by atoms with Gasteiger partial charge in [-0.3, -0.25) is 0 Å². The van der Waals surface area contributed by atoms with Gasteiger partial charge in [0.25, 0.3) is 0 Å². The highest BCUT2D eigenvalue weighted by atomic mass is 19.4. The van der Waals surface area contributed by atoms with Crippen LogP contribution in [0.15, 0.2) is 18.2 Å². The molecule has 2 fully saturated rings. The molecule has 3 heterocycles. The number of halogens is 3. The molecule has 0 spiro atoms. The molecule has 2 aliphatic rings. The summed E-state index contributed by atoms with van der Waals surface area (Å²) in [6.45, 7) is 9.43. The van der Waals surface area contributed by atoms with E-state index in [1.54, 1.807) is 6.07 Å². The van der Waals surface area contributed by atoms with Crippen molar-refractivity contribution in [2.75, 3.05) is 63.9 Å². The van der Waals surface area contributed by atoms with E-state index in [-0.39, 0.29) is 18.4 Å². The third-order valence-electron chi connectivity index (χ3n) is 5.56. The minimum absolute atomic E-state index is 0.0506. The van der Waals surface area contributed by atoms with Crippen molar-refractivity contribution in [1.82, 2.24) is 14.8 Å². The monoisotopic (exact) mass is 372 g/mol. The minimum Gasteiger partial charge on any atom is -0.396 e. The number of aliphatic hydroxyl groups excluding tert-OH is 1. The van der Waals surface area contributed by atoms with Crippen LogP contribution >= 0.6 is 0 Å². The SMILES string of the molecule is CCN1CCN(C[C@@H]2CN(c3cccc(C(F)(F)F)n3)C[C@@H]2CO)CC1. The number of hydrogen-bond donors (Lipinski definition) is 1. The first kappa shape index (κ1) is 19.4. The molecule has 5 nitrogen and oxygen atoms in total. The molecule has 1 N–H and O–H groups in total. The van der Waals surface area contributed by atoms with Gasteiger partial charge in [-0.2, -0.15) is 13.2 Å². The summed E-state index contributed by atoms with van der Waals surface area (Å²) < 4.78 is 38.7. The smallest absolute Gasteiger partial charge is 0.396 e. The maximum atomic E-state index is 12.9. The van der Waals surface area contributed by atoms with Crippen molar-refractivity contribution in [3.8, 4) is 0 Å². The van der Waals surface area contributed by atoms with Crippen LogP contribution in [0.2, 0.25) is 0 Å². The molecule has 0 radical (unpaired) electrons. The van der Waals surface area contributed by atoms with Gasteiger partial charge in [-0.1, -0.05) is 13.0 Å². The number of pyridine rings is 1. The summed E-state index contributed by atoms with van der Waals surface area (Å²) in [6.07, 6.45) is -4.44. The third-order valence-corrected chi connectivity index (χ3v) is 5.56. The lowest BCUT2D eigenvalue weighted by Crippen LogP contribution is -2.48. The predicted molar refractivity (Wildman–Crippen MR) is 94.1 cm³/mol. The number of aliphatic hydroxyl groups is 1. The Morgan fingerprint density at radius 2 is 1.73 bits per heavy atom. The molecule has 0 saturated carbocycles. The fourth-order valence-corrected chi connectivity index (χ4v) is 3.92. The zero-order valence-corrected chi connectivity index (χ0v) is 15.1. The summed E-state index contributed by atoms with van der Waals surface area (Å²) >= 11 is 0. The number of hydrogen-bond acceptors (Lipinski definition) is 5. The molecule has 1 aromatic rings. The predicted octanol–water partition coefficient (Wildman–Crippen LogP) is 1.78. The van der Waals surface area contributed by atoms with E-state index in [1.165, 1.54) is 6.07 Å². The van der Waals surface area contributed by atoms with E-state index in [0.29, 0.717) is 18.9 Å². The zero-order valence-electron chi connectivity index (χ0n) is 15.1. The molecule has 3 rings (SSSR count). The summed E-state index contributed by atoms with van der Waals surface area (Å²) in [4.78, 5) is 10.5. The third kappa shape index (κ3) is 4.47. The van der Waals surface area contributed by atoms with Gasteiger partial charge >= 0.3 is 6.18 Å². The molecule has 146 valence electrons. The van der Waals surface area contributed by atoms with Crippen molar-refractivity contribution in [3.63, 3.8) is 0 Å². The van der Waals surface area contributed by atoms with Gasteiger partial charge < -0.3 is 19.8 Å². The van der Waals surface area contributed by atoms with Crippen molar-refractivity contribution in [1.29, 1.82) is 0 Å². The largest absolute Gasteiger partial charge is 0.433 e. The van der Waals surface area contributed by atoms with E-state index in [1.807, 2.05) is 4.90 Å². The van der Waals surface area contributed by atoms with Crippen LogP contribution < -0.4 is 4.90 Å². The highest BCUT2D eigenvalue weighted by Crippen LogP contribution is 2.32. The van der Waals surface area contributed by atoms with Crippen molar-refractivity contribution < 1.29 is 18.3 Å². The second kappa shape index (κ2) is 8.10. The normalized spacial score (nSPS) is 25.8. The number of anilines is 1. The standard InChI is InChI=1S/C18H27F3N4O/c1-2-23-6-8-24(9-7-23)10-14-11-25(12-15(14)13-26)17-5-3-4-16(22-17)18(19,20)21/h3-5,14-15,26H,2,6-13H2,1H3/t14-,15-/m1/s1. The van der Waals surface area contributed by atoms with Crippen molar-refractivity contribution in [2.24, 2.45) is 11.8 Å². The van der Waals surface area contributed by atoms with Gasteiger partial charge in [0.05, 0.1) is 0 Å². The number of aromatic nitrogens is 1. The average molecular weight is 372 g/mol. The Morgan fingerprint density at radius 1 is 1.08 bits per heavy atom. The van der Waals surface area contributed by atoms with Crippen LogP contribution in [-0.2, 0) is 6.18 Å². The van der Waals surface area contributed by atoms with Gasteiger partial charge in [0, 0.05) is 58.3 Å². The van der Waals surface area contributed by atoms with Crippen LogP contribution in [0.4, 0.5) is 19.0 Å². The van der Waals surface area contributed by atoms with Crippen molar-refractivity contribution >= 4 is 5.82 Å². The highest BCUT2D eigenvalue weighted by Gasteiger charge is 2.36. The van der Waals surface area contributed by atoms with E-state index < -0.39 is 11.9 Å². The van der Waals surface area contributed by atoms with E-state index in [9.17, 15) is 18.3 Å². The van der Waals surface area contributed by atoms with Crippen LogP contribution in [-0.4, -0.2) is 78.9 Å². The molecule has 1 aromatic heterocycles.